The van der Waals surface area contributed by atoms with Gasteiger partial charge in [-0.3, -0.25) is 4.79 Å². The van der Waals surface area contributed by atoms with Crippen molar-refractivity contribution in [2.24, 2.45) is 0 Å². The third-order valence-electron chi connectivity index (χ3n) is 2.37. The highest BCUT2D eigenvalue weighted by Gasteiger charge is 2.06. The summed E-state index contributed by atoms with van der Waals surface area (Å²) < 4.78 is 0.972. The van der Waals surface area contributed by atoms with Gasteiger partial charge in [0.15, 0.2) is 5.13 Å². The Labute approximate surface area is 114 Å². The second-order valence-electron chi connectivity index (χ2n) is 3.74. The average molecular weight is 284 g/mol. The van der Waals surface area contributed by atoms with Crippen molar-refractivity contribution in [2.45, 2.75) is 13.3 Å². The van der Waals surface area contributed by atoms with Crippen LogP contribution in [0.5, 0.6) is 0 Å². The van der Waals surface area contributed by atoms with Gasteiger partial charge in [0.25, 0.3) is 0 Å². The monoisotopic (exact) mass is 283 g/mol. The van der Waals surface area contributed by atoms with Crippen LogP contribution in [-0.4, -0.2) is 24.0 Å². The lowest BCUT2D eigenvalue weighted by molar-refractivity contribution is -0.120. The fraction of sp³-hybridized carbons (Fsp3) is 0.333. The highest BCUT2D eigenvalue weighted by Crippen LogP contribution is 2.31. The van der Waals surface area contributed by atoms with Crippen LogP contribution in [-0.2, 0) is 4.79 Å². The van der Waals surface area contributed by atoms with Gasteiger partial charge < -0.3 is 10.6 Å². The molecule has 0 bridgehead atoms. The van der Waals surface area contributed by atoms with Crippen LogP contribution in [0.15, 0.2) is 18.2 Å². The lowest BCUT2D eigenvalue weighted by atomic mass is 10.3. The zero-order valence-corrected chi connectivity index (χ0v) is 11.6. The molecule has 0 aliphatic rings. The predicted molar refractivity (Wildman–Crippen MR) is 76.4 cm³/mol. The second kappa shape index (κ2) is 6.02. The van der Waals surface area contributed by atoms with Crippen molar-refractivity contribution in [3.05, 3.63) is 23.2 Å². The van der Waals surface area contributed by atoms with Gasteiger partial charge in [-0.15, -0.1) is 0 Å². The molecular formula is C12H14ClN3OS. The van der Waals surface area contributed by atoms with Gasteiger partial charge in [0, 0.05) is 19.5 Å². The largest absolute Gasteiger partial charge is 0.361 e. The Bertz CT molecular complexity index is 555. The first kappa shape index (κ1) is 13.1. The van der Waals surface area contributed by atoms with Crippen LogP contribution >= 0.6 is 22.9 Å². The Balaban J connectivity index is 1.96. The van der Waals surface area contributed by atoms with E-state index in [0.29, 0.717) is 24.5 Å². The third-order valence-corrected chi connectivity index (χ3v) is 3.86. The number of hydrogen-bond acceptors (Lipinski definition) is 4. The average Bonchev–Trinajstić information content (AvgIpc) is 2.74. The lowest BCUT2D eigenvalue weighted by Crippen LogP contribution is -2.24. The molecule has 1 aromatic carbocycles. The van der Waals surface area contributed by atoms with E-state index in [0.717, 1.165) is 15.3 Å². The van der Waals surface area contributed by atoms with Gasteiger partial charge in [-0.2, -0.15) is 0 Å². The summed E-state index contributed by atoms with van der Waals surface area (Å²) in [7, 11) is 0. The first-order valence-corrected chi connectivity index (χ1v) is 6.95. The first-order chi connectivity index (χ1) is 8.70. The minimum Gasteiger partial charge on any atom is -0.361 e. The van der Waals surface area contributed by atoms with E-state index in [1.54, 1.807) is 0 Å². The molecule has 0 unspecified atom stereocenters. The number of amides is 1. The fourth-order valence-electron chi connectivity index (χ4n) is 1.56. The van der Waals surface area contributed by atoms with Crippen LogP contribution in [0, 0.1) is 0 Å². The summed E-state index contributed by atoms with van der Waals surface area (Å²) in [6, 6.07) is 5.65. The summed E-state index contributed by atoms with van der Waals surface area (Å²) >= 11 is 7.58. The maximum Gasteiger partial charge on any atom is 0.221 e. The summed E-state index contributed by atoms with van der Waals surface area (Å²) in [5, 5.41) is 7.39. The predicted octanol–water partition coefficient (Wildman–Crippen LogP) is 2.89. The van der Waals surface area contributed by atoms with Gasteiger partial charge in [-0.05, 0) is 19.1 Å². The number of fused-ring (bicyclic) bond motifs is 1. The van der Waals surface area contributed by atoms with E-state index in [4.69, 9.17) is 11.6 Å². The number of nitrogens with one attached hydrogen (secondary N) is 2. The number of carbonyl (C=O) groups excluding carboxylic acids is 1. The molecule has 0 aliphatic carbocycles. The van der Waals surface area contributed by atoms with E-state index in [2.05, 4.69) is 15.6 Å². The van der Waals surface area contributed by atoms with Crippen molar-refractivity contribution in [3.8, 4) is 0 Å². The number of hydrogen-bond donors (Lipinski definition) is 2. The lowest BCUT2D eigenvalue weighted by Gasteiger charge is -2.02. The van der Waals surface area contributed by atoms with Crippen LogP contribution in [0.3, 0.4) is 0 Å². The molecule has 0 saturated carbocycles. The Kier molecular flexibility index (Phi) is 4.38. The Morgan fingerprint density at radius 2 is 2.33 bits per heavy atom. The van der Waals surface area contributed by atoms with Gasteiger partial charge in [0.2, 0.25) is 5.91 Å². The topological polar surface area (TPSA) is 54.0 Å². The molecule has 0 atom stereocenters. The van der Waals surface area contributed by atoms with E-state index >= 15 is 0 Å². The van der Waals surface area contributed by atoms with Crippen molar-refractivity contribution in [3.63, 3.8) is 0 Å². The van der Waals surface area contributed by atoms with Crippen molar-refractivity contribution < 1.29 is 4.79 Å². The van der Waals surface area contributed by atoms with E-state index in [1.165, 1.54) is 11.3 Å². The molecule has 96 valence electrons. The van der Waals surface area contributed by atoms with E-state index in [9.17, 15) is 4.79 Å². The molecule has 4 nitrogen and oxygen atoms in total. The third kappa shape index (κ3) is 3.11. The quantitative estimate of drug-likeness (QED) is 0.887. The van der Waals surface area contributed by atoms with E-state index < -0.39 is 0 Å². The van der Waals surface area contributed by atoms with Crippen molar-refractivity contribution in [1.82, 2.24) is 10.3 Å². The molecule has 6 heteroatoms. The highest BCUT2D eigenvalue weighted by molar-refractivity contribution is 7.22. The van der Waals surface area contributed by atoms with Crippen LogP contribution in [0.2, 0.25) is 5.02 Å². The van der Waals surface area contributed by atoms with Crippen LogP contribution in [0.25, 0.3) is 10.2 Å². The number of aromatic nitrogens is 1. The number of thiazole rings is 1. The van der Waals surface area contributed by atoms with Crippen molar-refractivity contribution >= 4 is 44.2 Å². The molecule has 0 saturated heterocycles. The number of halogens is 1. The standard InChI is InChI=1S/C12H14ClN3OS/c1-2-14-10(17)6-7-15-12-16-9-5-3-4-8(13)11(9)18-12/h3-5H,2,6-7H2,1H3,(H,14,17)(H,15,16). The van der Waals surface area contributed by atoms with Crippen LogP contribution in [0.4, 0.5) is 5.13 Å². The number of anilines is 1. The molecule has 0 spiro atoms. The molecule has 0 aliphatic heterocycles. The zero-order chi connectivity index (χ0) is 13.0. The van der Waals surface area contributed by atoms with Gasteiger partial charge in [-0.1, -0.05) is 29.0 Å². The molecule has 0 fully saturated rings. The number of nitrogens with zero attached hydrogens (tertiary/aromatic N) is 1. The normalized spacial score (nSPS) is 10.6. The summed E-state index contributed by atoms with van der Waals surface area (Å²) in [6.07, 6.45) is 0.442. The molecule has 1 amide bonds. The summed E-state index contributed by atoms with van der Waals surface area (Å²) in [6.45, 7) is 3.14. The van der Waals surface area contributed by atoms with Crippen molar-refractivity contribution in [2.75, 3.05) is 18.4 Å². The summed E-state index contributed by atoms with van der Waals surface area (Å²) in [5.74, 6) is 0.0455. The molecule has 18 heavy (non-hydrogen) atoms. The summed E-state index contributed by atoms with van der Waals surface area (Å²) in [4.78, 5) is 15.7. The van der Waals surface area contributed by atoms with Crippen LogP contribution in [0.1, 0.15) is 13.3 Å². The zero-order valence-electron chi connectivity index (χ0n) is 10.00. The maximum absolute atomic E-state index is 11.3. The number of benzene rings is 1. The van der Waals surface area contributed by atoms with E-state index in [-0.39, 0.29) is 5.91 Å². The SMILES string of the molecule is CCNC(=O)CCNc1nc2cccc(Cl)c2s1. The highest BCUT2D eigenvalue weighted by atomic mass is 35.5. The Morgan fingerprint density at radius 1 is 1.50 bits per heavy atom. The number of carbonyl (C=O) groups is 1. The van der Waals surface area contributed by atoms with Gasteiger partial charge in [0.05, 0.1) is 15.2 Å². The van der Waals surface area contributed by atoms with Crippen LogP contribution < -0.4 is 10.6 Å². The smallest absolute Gasteiger partial charge is 0.221 e. The molecular weight excluding hydrogens is 270 g/mol. The molecule has 2 rings (SSSR count). The molecule has 2 aromatic rings. The van der Waals surface area contributed by atoms with E-state index in [1.807, 2.05) is 25.1 Å². The second-order valence-corrected chi connectivity index (χ2v) is 5.14. The number of rotatable bonds is 5. The Hall–Kier alpha value is -1.33. The van der Waals surface area contributed by atoms with Gasteiger partial charge in [-0.25, -0.2) is 4.98 Å². The minimum atomic E-state index is 0.0455. The first-order valence-electron chi connectivity index (χ1n) is 5.76. The van der Waals surface area contributed by atoms with Gasteiger partial charge in [0.1, 0.15) is 0 Å². The molecule has 0 radical (unpaired) electrons. The molecule has 2 N–H and O–H groups in total. The fourth-order valence-corrected chi connectivity index (χ4v) is 2.74. The minimum absolute atomic E-state index is 0.0455. The molecule has 1 heterocycles. The maximum atomic E-state index is 11.3. The summed E-state index contributed by atoms with van der Waals surface area (Å²) in [5.41, 5.74) is 0.882. The molecule has 1 aromatic heterocycles. The van der Waals surface area contributed by atoms with Gasteiger partial charge >= 0.3 is 0 Å². The van der Waals surface area contributed by atoms with Crippen molar-refractivity contribution in [1.29, 1.82) is 0 Å². The Morgan fingerprint density at radius 3 is 3.06 bits per heavy atom.